The predicted octanol–water partition coefficient (Wildman–Crippen LogP) is 2.71. The van der Waals surface area contributed by atoms with Gasteiger partial charge in [0.1, 0.15) is 11.3 Å². The summed E-state index contributed by atoms with van der Waals surface area (Å²) in [4.78, 5) is 13.3. The van der Waals surface area contributed by atoms with E-state index < -0.39 is 11.5 Å². The molecule has 106 valence electrons. The van der Waals surface area contributed by atoms with Gasteiger partial charge in [-0.3, -0.25) is 4.90 Å². The molecule has 0 spiro atoms. The lowest BCUT2D eigenvalue weighted by molar-refractivity contribution is -0.149. The van der Waals surface area contributed by atoms with Gasteiger partial charge >= 0.3 is 5.97 Å². The van der Waals surface area contributed by atoms with Crippen molar-refractivity contribution in [2.24, 2.45) is 0 Å². The fraction of sp³-hybridized carbons (Fsp3) is 0.312. The van der Waals surface area contributed by atoms with Crippen LogP contribution in [0.15, 0.2) is 36.4 Å². The quantitative estimate of drug-likeness (QED) is 0.930. The van der Waals surface area contributed by atoms with Gasteiger partial charge in [0.15, 0.2) is 0 Å². The molecular weight excluding hydrogens is 254 g/mol. The maximum Gasteiger partial charge on any atom is 0.328 e. The van der Waals surface area contributed by atoms with Crippen molar-refractivity contribution in [2.75, 3.05) is 21.2 Å². The molecule has 0 heterocycles. The number of fused-ring (bicyclic) bond motifs is 1. The topological polar surface area (TPSA) is 49.8 Å². The summed E-state index contributed by atoms with van der Waals surface area (Å²) in [5.74, 6) is -0.0748. The van der Waals surface area contributed by atoms with Crippen LogP contribution in [0, 0.1) is 0 Å². The minimum absolute atomic E-state index is 0.757. The Labute approximate surface area is 118 Å². The van der Waals surface area contributed by atoms with Crippen molar-refractivity contribution in [3.63, 3.8) is 0 Å². The normalized spacial score (nSPS) is 14.2. The van der Waals surface area contributed by atoms with Crippen LogP contribution in [0.1, 0.15) is 12.5 Å². The molecule has 0 aromatic heterocycles. The van der Waals surface area contributed by atoms with Gasteiger partial charge in [-0.15, -0.1) is 0 Å². The van der Waals surface area contributed by atoms with E-state index in [1.807, 2.05) is 36.4 Å². The van der Waals surface area contributed by atoms with Crippen molar-refractivity contribution >= 4 is 16.7 Å². The monoisotopic (exact) mass is 273 g/mol. The van der Waals surface area contributed by atoms with E-state index in [1.165, 1.54) is 0 Å². The van der Waals surface area contributed by atoms with Crippen LogP contribution in [0.2, 0.25) is 0 Å². The first-order chi connectivity index (χ1) is 9.39. The Morgan fingerprint density at radius 2 is 1.75 bits per heavy atom. The minimum Gasteiger partial charge on any atom is -0.497 e. The first kappa shape index (κ1) is 14.3. The van der Waals surface area contributed by atoms with E-state index in [1.54, 1.807) is 33.0 Å². The molecule has 4 nitrogen and oxygen atoms in total. The molecule has 2 rings (SSSR count). The molecule has 2 aromatic rings. The molecule has 0 amide bonds. The third-order valence-electron chi connectivity index (χ3n) is 3.92. The summed E-state index contributed by atoms with van der Waals surface area (Å²) in [5.41, 5.74) is -0.290. The number of carbonyl (C=O) groups is 1. The van der Waals surface area contributed by atoms with Crippen LogP contribution in [0.25, 0.3) is 10.8 Å². The number of ether oxygens (including phenoxy) is 1. The summed E-state index contributed by atoms with van der Waals surface area (Å²) in [6.45, 7) is 1.71. The lowest BCUT2D eigenvalue weighted by Crippen LogP contribution is -2.45. The molecule has 0 aliphatic heterocycles. The summed E-state index contributed by atoms with van der Waals surface area (Å²) in [5, 5.41) is 11.6. The Hall–Kier alpha value is -2.07. The van der Waals surface area contributed by atoms with Crippen LogP contribution < -0.4 is 4.74 Å². The number of methoxy groups -OCH3 is 1. The van der Waals surface area contributed by atoms with Crippen molar-refractivity contribution in [1.82, 2.24) is 4.90 Å². The molecule has 20 heavy (non-hydrogen) atoms. The lowest BCUT2D eigenvalue weighted by atomic mass is 9.89. The third-order valence-corrected chi connectivity index (χ3v) is 3.92. The van der Waals surface area contributed by atoms with Gasteiger partial charge in [-0.05, 0) is 55.6 Å². The SMILES string of the molecule is COc1ccc2cc(C(C)(C(=O)O)N(C)C)ccc2c1. The maximum atomic E-state index is 11.6. The predicted molar refractivity (Wildman–Crippen MR) is 79.2 cm³/mol. The van der Waals surface area contributed by atoms with Gasteiger partial charge in [0.25, 0.3) is 0 Å². The molecule has 2 aromatic carbocycles. The highest BCUT2D eigenvalue weighted by molar-refractivity contribution is 5.87. The molecule has 1 N–H and O–H groups in total. The molecule has 0 fully saturated rings. The molecule has 0 aliphatic carbocycles. The Kier molecular flexibility index (Phi) is 3.68. The van der Waals surface area contributed by atoms with Gasteiger partial charge in [-0.25, -0.2) is 4.79 Å². The van der Waals surface area contributed by atoms with E-state index in [2.05, 4.69) is 0 Å². The van der Waals surface area contributed by atoms with E-state index in [-0.39, 0.29) is 0 Å². The number of likely N-dealkylation sites (N-methyl/N-ethyl adjacent to an activating group) is 1. The van der Waals surface area contributed by atoms with Gasteiger partial charge in [0.05, 0.1) is 7.11 Å². The summed E-state index contributed by atoms with van der Waals surface area (Å²) in [7, 11) is 5.17. The Morgan fingerprint density at radius 1 is 1.15 bits per heavy atom. The number of aliphatic carboxylic acids is 1. The van der Waals surface area contributed by atoms with E-state index in [9.17, 15) is 9.90 Å². The van der Waals surface area contributed by atoms with Crippen LogP contribution in [-0.2, 0) is 10.3 Å². The van der Waals surface area contributed by atoms with E-state index in [0.29, 0.717) is 0 Å². The van der Waals surface area contributed by atoms with Crippen LogP contribution in [0.3, 0.4) is 0 Å². The van der Waals surface area contributed by atoms with Crippen molar-refractivity contribution in [1.29, 1.82) is 0 Å². The number of benzene rings is 2. The van der Waals surface area contributed by atoms with Crippen molar-refractivity contribution in [3.8, 4) is 5.75 Å². The van der Waals surface area contributed by atoms with Crippen molar-refractivity contribution in [3.05, 3.63) is 42.0 Å². The molecule has 0 radical (unpaired) electrons. The standard InChI is InChI=1S/C16H19NO3/c1-16(15(18)19,17(2)3)13-7-5-12-10-14(20-4)8-6-11(12)9-13/h5-10H,1-4H3,(H,18,19). The summed E-state index contributed by atoms with van der Waals surface area (Å²) >= 11 is 0. The van der Waals surface area contributed by atoms with Crippen LogP contribution in [0.5, 0.6) is 5.75 Å². The summed E-state index contributed by atoms with van der Waals surface area (Å²) in [6, 6.07) is 11.5. The third kappa shape index (κ3) is 2.23. The van der Waals surface area contributed by atoms with Crippen LogP contribution in [0.4, 0.5) is 0 Å². The van der Waals surface area contributed by atoms with Gasteiger partial charge in [0, 0.05) is 0 Å². The average molecular weight is 273 g/mol. The molecular formula is C16H19NO3. The molecule has 4 heteroatoms. The molecule has 0 bridgehead atoms. The Balaban J connectivity index is 2.59. The fourth-order valence-corrected chi connectivity index (χ4v) is 2.23. The summed E-state index contributed by atoms with van der Waals surface area (Å²) < 4.78 is 5.19. The van der Waals surface area contributed by atoms with Crippen LogP contribution >= 0.6 is 0 Å². The number of carboxylic acids is 1. The smallest absolute Gasteiger partial charge is 0.328 e. The summed E-state index contributed by atoms with van der Waals surface area (Å²) in [6.07, 6.45) is 0. The molecule has 1 atom stereocenters. The second-order valence-corrected chi connectivity index (χ2v) is 5.20. The van der Waals surface area contributed by atoms with Gasteiger partial charge < -0.3 is 9.84 Å². The zero-order valence-electron chi connectivity index (χ0n) is 12.2. The number of carboxylic acid groups (broad SMARTS) is 1. The number of hydrogen-bond acceptors (Lipinski definition) is 3. The van der Waals surface area contributed by atoms with E-state index in [0.717, 1.165) is 22.1 Å². The average Bonchev–Trinajstić information content (AvgIpc) is 2.44. The van der Waals surface area contributed by atoms with E-state index >= 15 is 0 Å². The van der Waals surface area contributed by atoms with E-state index in [4.69, 9.17) is 4.74 Å². The molecule has 0 saturated carbocycles. The fourth-order valence-electron chi connectivity index (χ4n) is 2.23. The number of hydrogen-bond donors (Lipinski definition) is 1. The second kappa shape index (κ2) is 5.13. The number of nitrogens with zero attached hydrogens (tertiary/aromatic N) is 1. The van der Waals surface area contributed by atoms with Crippen LogP contribution in [-0.4, -0.2) is 37.2 Å². The Morgan fingerprint density at radius 3 is 2.30 bits per heavy atom. The number of rotatable bonds is 4. The Bertz CT molecular complexity index is 651. The second-order valence-electron chi connectivity index (χ2n) is 5.20. The zero-order valence-corrected chi connectivity index (χ0v) is 12.2. The minimum atomic E-state index is -1.05. The first-order valence-corrected chi connectivity index (χ1v) is 6.38. The molecule has 1 unspecified atom stereocenters. The first-order valence-electron chi connectivity index (χ1n) is 6.38. The highest BCUT2D eigenvalue weighted by atomic mass is 16.5. The lowest BCUT2D eigenvalue weighted by Gasteiger charge is -2.32. The maximum absolute atomic E-state index is 11.6. The largest absolute Gasteiger partial charge is 0.497 e. The highest BCUT2D eigenvalue weighted by Gasteiger charge is 2.37. The van der Waals surface area contributed by atoms with Gasteiger partial charge in [0.2, 0.25) is 0 Å². The zero-order chi connectivity index (χ0) is 14.9. The van der Waals surface area contributed by atoms with Crippen molar-refractivity contribution < 1.29 is 14.6 Å². The highest BCUT2D eigenvalue weighted by Crippen LogP contribution is 2.30. The molecule has 0 saturated heterocycles. The molecule has 0 aliphatic rings. The van der Waals surface area contributed by atoms with Gasteiger partial charge in [-0.1, -0.05) is 18.2 Å². The van der Waals surface area contributed by atoms with Crippen molar-refractivity contribution in [2.45, 2.75) is 12.5 Å². The van der Waals surface area contributed by atoms with Gasteiger partial charge in [-0.2, -0.15) is 0 Å².